The van der Waals surface area contributed by atoms with E-state index in [9.17, 15) is 14.7 Å². The Hall–Kier alpha value is -1.18. The van der Waals surface area contributed by atoms with Crippen molar-refractivity contribution in [1.82, 2.24) is 0 Å². The lowest BCUT2D eigenvalue weighted by Gasteiger charge is -2.63. The zero-order valence-electron chi connectivity index (χ0n) is 22.6. The van der Waals surface area contributed by atoms with Crippen molar-refractivity contribution >= 4 is 11.9 Å². The fourth-order valence-electron chi connectivity index (χ4n) is 10.3. The topological polar surface area (TPSA) is 91.3 Å². The summed E-state index contributed by atoms with van der Waals surface area (Å²) >= 11 is 0. The molecule has 6 aliphatic rings. The summed E-state index contributed by atoms with van der Waals surface area (Å²) in [6.07, 6.45) is 5.74. The molecule has 3 aliphatic heterocycles. The molecule has 36 heavy (non-hydrogen) atoms. The van der Waals surface area contributed by atoms with Gasteiger partial charge in [0.05, 0.1) is 25.7 Å². The molecule has 7 heteroatoms. The van der Waals surface area contributed by atoms with Crippen LogP contribution in [0.1, 0.15) is 86.0 Å². The molecule has 0 bridgehead atoms. The van der Waals surface area contributed by atoms with Gasteiger partial charge in [0.1, 0.15) is 11.7 Å². The molecular formula is C29H44O7. The zero-order chi connectivity index (χ0) is 25.7. The quantitative estimate of drug-likeness (QED) is 0.534. The normalized spacial score (nSPS) is 56.1. The van der Waals surface area contributed by atoms with Crippen LogP contribution in [0, 0.1) is 46.3 Å². The van der Waals surface area contributed by atoms with Crippen molar-refractivity contribution < 1.29 is 33.6 Å². The van der Waals surface area contributed by atoms with Crippen LogP contribution in [0.15, 0.2) is 0 Å². The van der Waals surface area contributed by atoms with Crippen molar-refractivity contribution in [3.05, 3.63) is 0 Å². The molecule has 3 saturated carbocycles. The van der Waals surface area contributed by atoms with Crippen molar-refractivity contribution in [2.45, 2.75) is 110 Å². The van der Waals surface area contributed by atoms with Gasteiger partial charge in [-0.15, -0.1) is 0 Å². The van der Waals surface area contributed by atoms with Crippen molar-refractivity contribution in [2.75, 3.05) is 13.2 Å². The summed E-state index contributed by atoms with van der Waals surface area (Å²) in [5, 5.41) is 12.1. The van der Waals surface area contributed by atoms with Crippen LogP contribution in [0.5, 0.6) is 0 Å². The van der Waals surface area contributed by atoms with Crippen LogP contribution in [0.25, 0.3) is 0 Å². The highest BCUT2D eigenvalue weighted by molar-refractivity contribution is 5.72. The van der Waals surface area contributed by atoms with Gasteiger partial charge in [0.2, 0.25) is 0 Å². The molecule has 0 unspecified atom stereocenters. The molecule has 0 radical (unpaired) electrons. The second kappa shape index (κ2) is 8.16. The SMILES string of the molecule is CC(=O)O[C@@H]1C[C@H]2[C@@H]3C[C@@H]4O[C@]5(CC[C@@H](C)CO5)[C@@H](C)[C@@H]4[C@@]3(C)CC[C@@H]2[C@@]2(C)CCOC(=O)C[C@]12O. The van der Waals surface area contributed by atoms with E-state index in [2.05, 4.69) is 27.7 Å². The maximum Gasteiger partial charge on any atom is 0.308 e. The second-order valence-electron chi connectivity index (χ2n) is 13.7. The number of hydrogen-bond acceptors (Lipinski definition) is 7. The average molecular weight is 505 g/mol. The lowest BCUT2D eigenvalue weighted by Crippen LogP contribution is -2.67. The van der Waals surface area contributed by atoms with E-state index in [-0.39, 0.29) is 23.9 Å². The molecule has 202 valence electrons. The van der Waals surface area contributed by atoms with Gasteiger partial charge in [-0.1, -0.05) is 27.7 Å². The Morgan fingerprint density at radius 2 is 1.86 bits per heavy atom. The molecule has 3 saturated heterocycles. The van der Waals surface area contributed by atoms with E-state index in [4.69, 9.17) is 18.9 Å². The maximum absolute atomic E-state index is 12.5. The number of esters is 2. The van der Waals surface area contributed by atoms with Crippen LogP contribution in [-0.4, -0.2) is 53.9 Å². The third-order valence-electron chi connectivity index (χ3n) is 12.1. The van der Waals surface area contributed by atoms with Crippen LogP contribution in [-0.2, 0) is 28.5 Å². The number of carbonyl (C=O) groups excluding carboxylic acids is 2. The van der Waals surface area contributed by atoms with E-state index in [0.717, 1.165) is 38.7 Å². The van der Waals surface area contributed by atoms with Crippen LogP contribution >= 0.6 is 0 Å². The van der Waals surface area contributed by atoms with E-state index in [1.54, 1.807) is 0 Å². The van der Waals surface area contributed by atoms with Crippen molar-refractivity contribution in [1.29, 1.82) is 0 Å². The molecule has 7 nitrogen and oxygen atoms in total. The Bertz CT molecular complexity index is 927. The zero-order valence-corrected chi connectivity index (χ0v) is 22.6. The molecule has 3 heterocycles. The first-order chi connectivity index (χ1) is 16.9. The van der Waals surface area contributed by atoms with E-state index < -0.39 is 34.8 Å². The molecule has 6 fully saturated rings. The minimum Gasteiger partial charge on any atom is -0.466 e. The molecule has 6 rings (SSSR count). The number of rotatable bonds is 1. The predicted molar refractivity (Wildman–Crippen MR) is 130 cm³/mol. The Morgan fingerprint density at radius 1 is 1.08 bits per heavy atom. The Kier molecular flexibility index (Phi) is 5.69. The largest absolute Gasteiger partial charge is 0.466 e. The fourth-order valence-corrected chi connectivity index (χ4v) is 10.3. The molecular weight excluding hydrogens is 460 g/mol. The highest BCUT2D eigenvalue weighted by atomic mass is 16.7. The lowest BCUT2D eigenvalue weighted by molar-refractivity contribution is -0.276. The minimum atomic E-state index is -1.41. The van der Waals surface area contributed by atoms with Crippen LogP contribution in [0.3, 0.4) is 0 Å². The molecule has 0 amide bonds. The molecule has 0 aromatic rings. The fraction of sp³-hybridized carbons (Fsp3) is 0.931. The molecule has 12 atom stereocenters. The van der Waals surface area contributed by atoms with Crippen molar-refractivity contribution in [3.63, 3.8) is 0 Å². The summed E-state index contributed by atoms with van der Waals surface area (Å²) in [5.74, 6) is 1.09. The summed E-state index contributed by atoms with van der Waals surface area (Å²) in [7, 11) is 0. The highest BCUT2D eigenvalue weighted by Gasteiger charge is 2.72. The Morgan fingerprint density at radius 3 is 2.56 bits per heavy atom. The second-order valence-corrected chi connectivity index (χ2v) is 13.7. The summed E-state index contributed by atoms with van der Waals surface area (Å²) in [6, 6.07) is 0. The molecule has 1 spiro atoms. The van der Waals surface area contributed by atoms with Gasteiger partial charge in [-0.2, -0.15) is 0 Å². The van der Waals surface area contributed by atoms with Gasteiger partial charge in [0.15, 0.2) is 5.79 Å². The molecule has 3 aliphatic carbocycles. The minimum absolute atomic E-state index is 0.115. The number of cyclic esters (lactones) is 1. The van der Waals surface area contributed by atoms with Gasteiger partial charge in [-0.05, 0) is 73.5 Å². The highest BCUT2D eigenvalue weighted by Crippen LogP contribution is 2.71. The van der Waals surface area contributed by atoms with Crippen LogP contribution in [0.2, 0.25) is 0 Å². The van der Waals surface area contributed by atoms with E-state index in [1.807, 2.05) is 0 Å². The third kappa shape index (κ3) is 3.27. The first-order valence-electron chi connectivity index (χ1n) is 14.3. The Balaban J connectivity index is 1.33. The number of hydrogen-bond donors (Lipinski definition) is 1. The lowest BCUT2D eigenvalue weighted by atomic mass is 9.44. The first kappa shape index (κ1) is 25.1. The van der Waals surface area contributed by atoms with Gasteiger partial charge in [0.25, 0.3) is 0 Å². The van der Waals surface area contributed by atoms with Crippen molar-refractivity contribution in [2.24, 2.45) is 46.3 Å². The predicted octanol–water partition coefficient (Wildman–Crippen LogP) is 4.24. The monoisotopic (exact) mass is 504 g/mol. The number of ether oxygens (including phenoxy) is 4. The molecule has 0 aromatic carbocycles. The summed E-state index contributed by atoms with van der Waals surface area (Å²) in [6.45, 7) is 11.7. The summed E-state index contributed by atoms with van der Waals surface area (Å²) < 4.78 is 24.6. The smallest absolute Gasteiger partial charge is 0.308 e. The van der Waals surface area contributed by atoms with E-state index in [0.29, 0.717) is 49.0 Å². The average Bonchev–Trinajstić information content (AvgIpc) is 3.19. The molecule has 0 aromatic heterocycles. The number of aliphatic hydroxyl groups is 1. The van der Waals surface area contributed by atoms with Gasteiger partial charge >= 0.3 is 11.9 Å². The number of carbonyl (C=O) groups is 2. The van der Waals surface area contributed by atoms with Gasteiger partial charge in [-0.3, -0.25) is 9.59 Å². The standard InChI is InChI=1S/C29H44O7/c1-16-6-9-29(34-15-16)17(2)25-22(36-29)13-21-19-12-23(35-18(3)30)28(32)14-24(31)33-11-10-27(28,5)20(19)7-8-26(21,25)4/h16-17,19-23,25,32H,6-15H2,1-5H3/t16-,17+,19-,20+,21+,22+,23-,25+,26+,27-,28+,29-/m1/s1. The van der Waals surface area contributed by atoms with Gasteiger partial charge < -0.3 is 24.1 Å². The van der Waals surface area contributed by atoms with Crippen LogP contribution < -0.4 is 0 Å². The van der Waals surface area contributed by atoms with Crippen LogP contribution in [0.4, 0.5) is 0 Å². The van der Waals surface area contributed by atoms with Crippen molar-refractivity contribution in [3.8, 4) is 0 Å². The van der Waals surface area contributed by atoms with E-state index >= 15 is 0 Å². The summed E-state index contributed by atoms with van der Waals surface area (Å²) in [5.41, 5.74) is -1.85. The van der Waals surface area contributed by atoms with Gasteiger partial charge in [-0.25, -0.2) is 0 Å². The first-order valence-corrected chi connectivity index (χ1v) is 14.3. The molecule has 1 N–H and O–H groups in total. The third-order valence-corrected chi connectivity index (χ3v) is 12.1. The van der Waals surface area contributed by atoms with Gasteiger partial charge in [0, 0.05) is 24.7 Å². The summed E-state index contributed by atoms with van der Waals surface area (Å²) in [4.78, 5) is 24.7. The van der Waals surface area contributed by atoms with E-state index in [1.165, 1.54) is 6.92 Å². The Labute approximate surface area is 214 Å². The maximum atomic E-state index is 12.5. The number of fused-ring (bicyclic) bond motifs is 7.